The molecule has 0 bridgehead atoms. The average molecular weight is 400 g/mol. The van der Waals surface area contributed by atoms with Crippen molar-refractivity contribution in [3.8, 4) is 11.5 Å². The van der Waals surface area contributed by atoms with Crippen molar-refractivity contribution in [1.82, 2.24) is 0 Å². The van der Waals surface area contributed by atoms with Crippen LogP contribution in [-0.4, -0.2) is 11.9 Å². The lowest BCUT2D eigenvalue weighted by atomic mass is 10.1. The van der Waals surface area contributed by atoms with Crippen molar-refractivity contribution in [2.24, 2.45) is 5.92 Å². The zero-order valence-corrected chi connectivity index (χ0v) is 14.2. The molecule has 0 atom stereocenters. The third kappa shape index (κ3) is 3.83. The van der Waals surface area contributed by atoms with Crippen LogP contribution in [0.1, 0.15) is 36.0 Å². The van der Waals surface area contributed by atoms with Crippen LogP contribution < -0.4 is 9.47 Å². The highest BCUT2D eigenvalue weighted by Gasteiger charge is 2.31. The molecule has 0 aliphatic heterocycles. The fraction of sp³-hybridized carbons (Fsp3) is 0.263. The number of carbonyl (C=O) groups is 2. The molecule has 0 unspecified atom stereocenters. The van der Waals surface area contributed by atoms with Crippen LogP contribution >= 0.6 is 0 Å². The predicted molar refractivity (Wildman–Crippen MR) is 85.2 cm³/mol. The average Bonchev–Trinajstić information content (AvgIpc) is 3.20. The van der Waals surface area contributed by atoms with Crippen LogP contribution in [0.3, 0.4) is 0 Å². The van der Waals surface area contributed by atoms with Gasteiger partial charge in [-0.15, -0.1) is 0 Å². The second-order valence-electron chi connectivity index (χ2n) is 6.21. The van der Waals surface area contributed by atoms with Crippen LogP contribution in [0.25, 0.3) is 0 Å². The van der Waals surface area contributed by atoms with E-state index in [0.717, 1.165) is 18.9 Å². The van der Waals surface area contributed by atoms with Crippen LogP contribution in [0, 0.1) is 35.0 Å². The molecule has 0 aromatic heterocycles. The molecule has 1 aliphatic carbocycles. The Hall–Kier alpha value is -2.97. The van der Waals surface area contributed by atoms with E-state index in [-0.39, 0.29) is 17.4 Å². The number of benzene rings is 2. The van der Waals surface area contributed by atoms with E-state index in [2.05, 4.69) is 0 Å². The van der Waals surface area contributed by atoms with Crippen LogP contribution in [0.5, 0.6) is 11.5 Å². The lowest BCUT2D eigenvalue weighted by molar-refractivity contribution is -0.138. The quantitative estimate of drug-likeness (QED) is 0.246. The predicted octanol–water partition coefficient (Wildman–Crippen LogP) is 4.70. The number of rotatable bonds is 4. The molecule has 4 nitrogen and oxygen atoms in total. The topological polar surface area (TPSA) is 52.6 Å². The van der Waals surface area contributed by atoms with Gasteiger partial charge in [0, 0.05) is 6.07 Å². The summed E-state index contributed by atoms with van der Waals surface area (Å²) >= 11 is 0. The van der Waals surface area contributed by atoms with Gasteiger partial charge in [0.15, 0.2) is 23.3 Å². The largest absolute Gasteiger partial charge is 0.426 e. The monoisotopic (exact) mass is 400 g/mol. The van der Waals surface area contributed by atoms with Gasteiger partial charge < -0.3 is 9.47 Å². The van der Waals surface area contributed by atoms with Gasteiger partial charge >= 0.3 is 11.9 Å². The third-order valence-corrected chi connectivity index (χ3v) is 4.34. The first kappa shape index (κ1) is 19.8. The van der Waals surface area contributed by atoms with E-state index >= 15 is 0 Å². The summed E-state index contributed by atoms with van der Waals surface area (Å²) in [7, 11) is 0. The summed E-state index contributed by atoms with van der Waals surface area (Å²) in [5, 5.41) is 0. The normalized spacial score (nSPS) is 14.2. The maximum atomic E-state index is 13.7. The van der Waals surface area contributed by atoms with Crippen molar-refractivity contribution in [2.75, 3.05) is 0 Å². The van der Waals surface area contributed by atoms with E-state index in [9.17, 15) is 31.5 Å². The van der Waals surface area contributed by atoms with Crippen LogP contribution in [-0.2, 0) is 4.79 Å². The molecule has 148 valence electrons. The van der Waals surface area contributed by atoms with Gasteiger partial charge in [-0.05, 0) is 25.0 Å². The molecule has 1 aliphatic rings. The van der Waals surface area contributed by atoms with E-state index in [1.54, 1.807) is 0 Å². The molecule has 2 aromatic rings. The Labute approximate surface area is 155 Å². The Balaban J connectivity index is 1.79. The fourth-order valence-electron chi connectivity index (χ4n) is 2.90. The third-order valence-electron chi connectivity index (χ3n) is 4.34. The summed E-state index contributed by atoms with van der Waals surface area (Å²) in [6.07, 6.45) is 3.24. The zero-order valence-electron chi connectivity index (χ0n) is 14.2. The van der Waals surface area contributed by atoms with E-state index in [1.807, 2.05) is 0 Å². The minimum Gasteiger partial charge on any atom is -0.426 e. The van der Waals surface area contributed by atoms with Crippen LogP contribution in [0.15, 0.2) is 24.3 Å². The van der Waals surface area contributed by atoms with Gasteiger partial charge in [0.2, 0.25) is 5.82 Å². The Morgan fingerprint density at radius 1 is 0.786 bits per heavy atom. The number of halogens is 5. The van der Waals surface area contributed by atoms with Crippen molar-refractivity contribution in [3.63, 3.8) is 0 Å². The lowest BCUT2D eigenvalue weighted by Crippen LogP contribution is -2.18. The number of esters is 2. The molecule has 28 heavy (non-hydrogen) atoms. The molecule has 0 radical (unpaired) electrons. The molecular formula is C19H13F5O4. The number of hydrogen-bond donors (Lipinski definition) is 0. The maximum absolute atomic E-state index is 13.7. The van der Waals surface area contributed by atoms with Crippen LogP contribution in [0.2, 0.25) is 0 Å². The lowest BCUT2D eigenvalue weighted by Gasteiger charge is -2.11. The molecule has 1 fully saturated rings. The summed E-state index contributed by atoms with van der Waals surface area (Å²) in [5.41, 5.74) is -1.72. The highest BCUT2D eigenvalue weighted by atomic mass is 19.2. The molecule has 1 saturated carbocycles. The molecule has 0 spiro atoms. The highest BCUT2D eigenvalue weighted by Crippen LogP contribution is 2.29. The molecule has 0 heterocycles. The van der Waals surface area contributed by atoms with Gasteiger partial charge in [-0.2, -0.15) is 0 Å². The molecular weight excluding hydrogens is 387 g/mol. The first-order valence-electron chi connectivity index (χ1n) is 8.35. The Morgan fingerprint density at radius 3 is 1.86 bits per heavy atom. The second-order valence-corrected chi connectivity index (χ2v) is 6.21. The first-order chi connectivity index (χ1) is 13.3. The van der Waals surface area contributed by atoms with Gasteiger partial charge in [-0.25, -0.2) is 26.7 Å². The standard InChI is InChI=1S/C19H13F5O4/c20-13-12(14(21)16(23)17(24)15(13)22)19(26)28-11-7-3-6-10(8-11)27-18(25)9-4-1-2-5-9/h3,6-9H,1-2,4-5H2. The van der Waals surface area contributed by atoms with Gasteiger partial charge in [-0.3, -0.25) is 4.79 Å². The molecule has 9 heteroatoms. The van der Waals surface area contributed by atoms with E-state index in [4.69, 9.17) is 9.47 Å². The van der Waals surface area contributed by atoms with Crippen LogP contribution in [0.4, 0.5) is 22.0 Å². The molecule has 0 amide bonds. The fourth-order valence-corrected chi connectivity index (χ4v) is 2.90. The number of hydrogen-bond acceptors (Lipinski definition) is 4. The number of carbonyl (C=O) groups excluding carboxylic acids is 2. The Bertz CT molecular complexity index is 909. The SMILES string of the molecule is O=C(Oc1cccc(OC(=O)C2CCCC2)c1)c1c(F)c(F)c(F)c(F)c1F. The van der Waals surface area contributed by atoms with Gasteiger partial charge in [0.25, 0.3) is 0 Å². The summed E-state index contributed by atoms with van der Waals surface area (Å²) in [6.45, 7) is 0. The molecule has 0 N–H and O–H groups in total. The smallest absolute Gasteiger partial charge is 0.349 e. The van der Waals surface area contributed by atoms with E-state index in [0.29, 0.717) is 12.8 Å². The minimum absolute atomic E-state index is 0.0135. The summed E-state index contributed by atoms with van der Waals surface area (Å²) in [6, 6.07) is 5.01. The summed E-state index contributed by atoms with van der Waals surface area (Å²) in [4.78, 5) is 24.0. The molecule has 3 rings (SSSR count). The maximum Gasteiger partial charge on any atom is 0.349 e. The van der Waals surface area contributed by atoms with Gasteiger partial charge in [0.05, 0.1) is 5.92 Å². The van der Waals surface area contributed by atoms with Crippen molar-refractivity contribution in [3.05, 3.63) is 58.9 Å². The zero-order chi connectivity index (χ0) is 20.4. The van der Waals surface area contributed by atoms with E-state index in [1.165, 1.54) is 18.2 Å². The van der Waals surface area contributed by atoms with Crippen molar-refractivity contribution in [2.45, 2.75) is 25.7 Å². The highest BCUT2D eigenvalue weighted by molar-refractivity contribution is 5.91. The van der Waals surface area contributed by atoms with Crippen molar-refractivity contribution in [1.29, 1.82) is 0 Å². The molecule has 2 aromatic carbocycles. The number of ether oxygens (including phenoxy) is 2. The minimum atomic E-state index is -2.38. The van der Waals surface area contributed by atoms with Gasteiger partial charge in [-0.1, -0.05) is 18.9 Å². The van der Waals surface area contributed by atoms with Crippen molar-refractivity contribution < 1.29 is 41.0 Å². The second kappa shape index (κ2) is 7.95. The Kier molecular flexibility index (Phi) is 5.62. The summed E-state index contributed by atoms with van der Waals surface area (Å²) in [5.74, 6) is -14.3. The molecule has 0 saturated heterocycles. The van der Waals surface area contributed by atoms with Crippen molar-refractivity contribution >= 4 is 11.9 Å². The first-order valence-corrected chi connectivity index (χ1v) is 8.35. The Morgan fingerprint density at radius 2 is 1.29 bits per heavy atom. The van der Waals surface area contributed by atoms with E-state index < -0.39 is 46.6 Å². The summed E-state index contributed by atoms with van der Waals surface area (Å²) < 4.78 is 76.8. The van der Waals surface area contributed by atoms with Gasteiger partial charge in [0.1, 0.15) is 17.1 Å².